The summed E-state index contributed by atoms with van der Waals surface area (Å²) in [6.45, 7) is 0. The predicted octanol–water partition coefficient (Wildman–Crippen LogP) is 7.94. The van der Waals surface area contributed by atoms with Crippen molar-refractivity contribution >= 4 is 73.5 Å². The van der Waals surface area contributed by atoms with Crippen molar-refractivity contribution < 1.29 is 0 Å². The van der Waals surface area contributed by atoms with Crippen molar-refractivity contribution in [1.29, 1.82) is 0 Å². The number of hydrogen-bond donors (Lipinski definition) is 2. The molecule has 10 heteroatoms. The second-order valence-electron chi connectivity index (χ2n) is 11.5. The first kappa shape index (κ1) is 25.6. The van der Waals surface area contributed by atoms with Crippen molar-refractivity contribution in [2.45, 2.75) is 5.92 Å². The van der Waals surface area contributed by atoms with E-state index in [9.17, 15) is 0 Å². The molecular weight excluding hydrogens is 584 g/mol. The molecule has 0 saturated heterocycles. The van der Waals surface area contributed by atoms with Gasteiger partial charge in [0.25, 0.3) is 0 Å². The molecule has 5 aromatic carbocycles. The molecule has 1 aliphatic rings. The van der Waals surface area contributed by atoms with Gasteiger partial charge in [0.15, 0.2) is 5.82 Å². The number of aliphatic imine (C=N–C) groups is 1. The Hall–Kier alpha value is -6.68. The van der Waals surface area contributed by atoms with Gasteiger partial charge in [-0.25, -0.2) is 24.3 Å². The van der Waals surface area contributed by atoms with Gasteiger partial charge in [-0.15, -0.1) is 0 Å². The third-order valence-corrected chi connectivity index (χ3v) is 8.79. The van der Waals surface area contributed by atoms with E-state index in [4.69, 9.17) is 19.9 Å². The fourth-order valence-corrected chi connectivity index (χ4v) is 6.76. The third-order valence-electron chi connectivity index (χ3n) is 8.79. The summed E-state index contributed by atoms with van der Waals surface area (Å²) in [4.78, 5) is 29.0. The van der Waals surface area contributed by atoms with Crippen molar-refractivity contribution in [2.75, 3.05) is 10.6 Å². The number of nitrogens with zero attached hydrogens (tertiary/aromatic N) is 8. The topological polar surface area (TPSA) is 110 Å². The number of benzene rings is 4. The molecule has 0 radical (unpaired) electrons. The average Bonchev–Trinajstić information content (AvgIpc) is 3.87. The Bertz CT molecular complexity index is 2640. The molecule has 0 aliphatic carbocycles. The van der Waals surface area contributed by atoms with Crippen LogP contribution in [-0.2, 0) is 0 Å². The minimum absolute atomic E-state index is 0.186. The molecule has 10 nitrogen and oxygen atoms in total. The molecule has 1 atom stereocenters. The number of aromatic nitrogens is 7. The molecular formula is C37H24N10. The Balaban J connectivity index is 1.18. The van der Waals surface area contributed by atoms with Crippen LogP contribution in [-0.4, -0.2) is 40.1 Å². The van der Waals surface area contributed by atoms with Gasteiger partial charge < -0.3 is 10.6 Å². The molecule has 47 heavy (non-hydrogen) atoms. The summed E-state index contributed by atoms with van der Waals surface area (Å²) < 4.78 is 3.99. The fourth-order valence-electron chi connectivity index (χ4n) is 6.76. The van der Waals surface area contributed by atoms with E-state index in [1.807, 2.05) is 94.3 Å². The maximum Gasteiger partial charge on any atom is 0.240 e. The van der Waals surface area contributed by atoms with Crippen LogP contribution in [0.3, 0.4) is 0 Å². The number of fused-ring (bicyclic) bond motifs is 2. The SMILES string of the molecule is C1=Nc2cccc(Nc3ccccc3)c2C1c1nc2ncnc3nc(-n4cnc5cccc(Nc6ccccc6)c54)c4ccc1c4n23. The number of nitrogens with one attached hydrogen (secondary N) is 2. The minimum atomic E-state index is -0.186. The van der Waals surface area contributed by atoms with Gasteiger partial charge in [-0.1, -0.05) is 54.6 Å². The van der Waals surface area contributed by atoms with Gasteiger partial charge in [0.05, 0.1) is 39.5 Å². The molecule has 2 N–H and O–H groups in total. The second kappa shape index (κ2) is 9.91. The zero-order valence-electron chi connectivity index (χ0n) is 24.8. The summed E-state index contributed by atoms with van der Waals surface area (Å²) >= 11 is 0. The van der Waals surface area contributed by atoms with Gasteiger partial charge in [0.2, 0.25) is 11.6 Å². The molecule has 0 fully saturated rings. The molecule has 0 saturated carbocycles. The summed E-state index contributed by atoms with van der Waals surface area (Å²) in [6, 6.07) is 36.8. The van der Waals surface area contributed by atoms with Crippen LogP contribution >= 0.6 is 0 Å². The van der Waals surface area contributed by atoms with E-state index in [-0.39, 0.29) is 5.92 Å². The lowest BCUT2D eigenvalue weighted by molar-refractivity contribution is 0.956. The highest BCUT2D eigenvalue weighted by atomic mass is 15.2. The standard InChI is InChI=1S/C37H24N10/c1-3-9-22(10-4-1)42-28-14-7-13-27-31(28)26(19-38-27)32-24-17-18-25-33(24)47-36(44-32)39-20-40-37(47)45-35(25)46-21-41-29-15-8-16-30(34(29)46)43-23-11-5-2-6-12-23/h1-21,26,42-43H. The van der Waals surface area contributed by atoms with Crippen molar-refractivity contribution in [3.63, 3.8) is 0 Å². The molecule has 10 rings (SSSR count). The van der Waals surface area contributed by atoms with E-state index in [0.29, 0.717) is 11.6 Å². The predicted molar refractivity (Wildman–Crippen MR) is 185 cm³/mol. The van der Waals surface area contributed by atoms with Crippen molar-refractivity contribution in [1.82, 2.24) is 33.9 Å². The molecule has 9 aromatic rings. The lowest BCUT2D eigenvalue weighted by Gasteiger charge is -2.18. The van der Waals surface area contributed by atoms with Crippen molar-refractivity contribution in [3.8, 4) is 5.82 Å². The first-order valence-corrected chi connectivity index (χ1v) is 15.3. The molecule has 0 spiro atoms. The number of para-hydroxylation sites is 3. The minimum Gasteiger partial charge on any atom is -0.355 e. The fraction of sp³-hybridized carbons (Fsp3) is 0.0270. The number of anilines is 4. The molecule has 1 aliphatic heterocycles. The van der Waals surface area contributed by atoms with Gasteiger partial charge in [0, 0.05) is 39.6 Å². The largest absolute Gasteiger partial charge is 0.355 e. The van der Waals surface area contributed by atoms with Crippen LogP contribution in [0.4, 0.5) is 28.4 Å². The zero-order chi connectivity index (χ0) is 30.9. The first-order chi connectivity index (χ1) is 23.3. The van der Waals surface area contributed by atoms with Gasteiger partial charge in [-0.2, -0.15) is 4.98 Å². The molecule has 0 bridgehead atoms. The molecule has 4 aromatic heterocycles. The third kappa shape index (κ3) is 3.91. The highest BCUT2D eigenvalue weighted by Crippen LogP contribution is 2.44. The highest BCUT2D eigenvalue weighted by Gasteiger charge is 2.30. The maximum atomic E-state index is 5.13. The van der Waals surface area contributed by atoms with E-state index in [1.165, 1.54) is 6.33 Å². The molecule has 1 unspecified atom stereocenters. The number of imidazole rings is 1. The lowest BCUT2D eigenvalue weighted by Crippen LogP contribution is -2.11. The van der Waals surface area contributed by atoms with E-state index in [2.05, 4.69) is 57.0 Å². The Morgan fingerprint density at radius 1 is 0.596 bits per heavy atom. The maximum absolute atomic E-state index is 5.13. The number of hydrogen-bond acceptors (Lipinski definition) is 8. The quantitative estimate of drug-likeness (QED) is 0.197. The van der Waals surface area contributed by atoms with Crippen LogP contribution in [0.2, 0.25) is 0 Å². The molecule has 5 heterocycles. The van der Waals surface area contributed by atoms with Gasteiger partial charge in [-0.3, -0.25) is 9.56 Å². The van der Waals surface area contributed by atoms with Gasteiger partial charge in [-0.05, 0) is 54.6 Å². The van der Waals surface area contributed by atoms with Crippen LogP contribution in [0, 0.1) is 0 Å². The monoisotopic (exact) mass is 608 g/mol. The summed E-state index contributed by atoms with van der Waals surface area (Å²) in [5.41, 5.74) is 9.53. The highest BCUT2D eigenvalue weighted by molar-refractivity contribution is 6.07. The van der Waals surface area contributed by atoms with Crippen LogP contribution < -0.4 is 10.6 Å². The van der Waals surface area contributed by atoms with Crippen LogP contribution in [0.5, 0.6) is 0 Å². The van der Waals surface area contributed by atoms with Crippen LogP contribution in [0.1, 0.15) is 17.2 Å². The van der Waals surface area contributed by atoms with Crippen molar-refractivity contribution in [2.24, 2.45) is 4.99 Å². The normalized spacial score (nSPS) is 14.1. The summed E-state index contributed by atoms with van der Waals surface area (Å²) in [6.07, 6.45) is 5.34. The van der Waals surface area contributed by atoms with E-state index in [0.717, 1.165) is 72.8 Å². The zero-order valence-corrected chi connectivity index (χ0v) is 24.8. The van der Waals surface area contributed by atoms with E-state index < -0.39 is 0 Å². The van der Waals surface area contributed by atoms with E-state index in [1.54, 1.807) is 0 Å². The molecule has 222 valence electrons. The van der Waals surface area contributed by atoms with Gasteiger partial charge >= 0.3 is 0 Å². The number of rotatable bonds is 6. The first-order valence-electron chi connectivity index (χ1n) is 15.3. The smallest absolute Gasteiger partial charge is 0.240 e. The van der Waals surface area contributed by atoms with Crippen LogP contribution in [0.15, 0.2) is 127 Å². The lowest BCUT2D eigenvalue weighted by atomic mass is 9.93. The molecule has 0 amide bonds. The Morgan fingerprint density at radius 2 is 1.30 bits per heavy atom. The Morgan fingerprint density at radius 3 is 2.11 bits per heavy atom. The second-order valence-corrected chi connectivity index (χ2v) is 11.5. The Labute approximate surface area is 267 Å². The van der Waals surface area contributed by atoms with Gasteiger partial charge in [0.1, 0.15) is 12.7 Å². The summed E-state index contributed by atoms with van der Waals surface area (Å²) in [7, 11) is 0. The summed E-state index contributed by atoms with van der Waals surface area (Å²) in [5.74, 6) is 1.59. The summed E-state index contributed by atoms with van der Waals surface area (Å²) in [5, 5.41) is 9.11. The average molecular weight is 609 g/mol. The van der Waals surface area contributed by atoms with Crippen LogP contribution in [0.25, 0.3) is 44.7 Å². The van der Waals surface area contributed by atoms with E-state index >= 15 is 0 Å². The Kier molecular flexibility index (Phi) is 5.40. The van der Waals surface area contributed by atoms with Crippen molar-refractivity contribution in [3.05, 3.63) is 133 Å².